The van der Waals surface area contributed by atoms with Crippen molar-refractivity contribution in [1.29, 1.82) is 0 Å². The Hall–Kier alpha value is -3.86. The molecule has 0 aliphatic rings. The molecule has 2 aromatic carbocycles. The van der Waals surface area contributed by atoms with E-state index < -0.39 is 76.2 Å². The highest BCUT2D eigenvalue weighted by molar-refractivity contribution is 7.86. The van der Waals surface area contributed by atoms with Crippen molar-refractivity contribution in [1.82, 2.24) is 0 Å². The van der Waals surface area contributed by atoms with E-state index in [1.54, 1.807) is 0 Å². The number of aromatic carboxylic acids is 4. The molecule has 0 unspecified atom stereocenters. The van der Waals surface area contributed by atoms with Crippen LogP contribution < -0.4 is 0 Å². The van der Waals surface area contributed by atoms with Crippen LogP contribution in [-0.2, 0) is 20.2 Å². The summed E-state index contributed by atoms with van der Waals surface area (Å²) in [4.78, 5) is 41.0. The topological polar surface area (TPSA) is 258 Å². The number of carboxylic acid groups (broad SMARTS) is 4. The molecule has 0 aliphatic heterocycles. The van der Waals surface area contributed by atoms with Crippen LogP contribution in [0.1, 0.15) is 41.4 Å². The molecule has 0 fully saturated rings. The fourth-order valence-corrected chi connectivity index (χ4v) is 3.70. The third kappa shape index (κ3) is 6.08. The molecule has 0 saturated carbocycles. The van der Waals surface area contributed by atoms with Gasteiger partial charge in [-0.2, -0.15) is 16.8 Å². The predicted molar refractivity (Wildman–Crippen MR) is 100 cm³/mol. The lowest BCUT2D eigenvalue weighted by atomic mass is 10.1. The molecular weight excluding hydrogens is 480 g/mol. The molecule has 0 atom stereocenters. The second kappa shape index (κ2) is 9.52. The summed E-state index contributed by atoms with van der Waals surface area (Å²) in [6.45, 7) is 0. The lowest BCUT2D eigenvalue weighted by Crippen LogP contribution is -2.14. The van der Waals surface area contributed by atoms with Crippen LogP contribution in [0.25, 0.3) is 0 Å². The summed E-state index contributed by atoms with van der Waals surface area (Å²) in [6.07, 6.45) is 0. The Bertz CT molecular complexity index is 1220. The van der Waals surface area contributed by atoms with E-state index in [2.05, 4.69) is 0 Å². The Morgan fingerprint density at radius 2 is 0.812 bits per heavy atom. The molecule has 14 nitrogen and oxygen atoms in total. The summed E-state index contributed by atoms with van der Waals surface area (Å²) >= 11 is 0. The van der Waals surface area contributed by atoms with E-state index >= 15 is 0 Å². The highest BCUT2D eigenvalue weighted by atomic mass is 32.2. The first-order valence-corrected chi connectivity index (χ1v) is 10.5. The molecule has 16 heteroatoms. The molecule has 0 aromatic heterocycles. The Labute approximate surface area is 178 Å². The minimum atomic E-state index is -4.78. The van der Waals surface area contributed by atoms with Crippen molar-refractivity contribution in [2.75, 3.05) is 0 Å². The van der Waals surface area contributed by atoms with Crippen molar-refractivity contribution in [2.45, 2.75) is 9.79 Å². The zero-order valence-corrected chi connectivity index (χ0v) is 16.9. The Morgan fingerprint density at radius 3 is 1.00 bits per heavy atom. The summed E-state index contributed by atoms with van der Waals surface area (Å²) < 4.78 is 60.8. The summed E-state index contributed by atoms with van der Waals surface area (Å²) in [5.41, 5.74) is -3.33. The normalized spacial score (nSPS) is 11.1. The molecule has 2 aromatic rings. The van der Waals surface area contributed by atoms with E-state index in [0.717, 1.165) is 36.4 Å². The number of hydrogen-bond donors (Lipinski definition) is 6. The number of hydrogen-bond acceptors (Lipinski definition) is 8. The van der Waals surface area contributed by atoms with Crippen LogP contribution in [0.2, 0.25) is 0 Å². The summed E-state index contributed by atoms with van der Waals surface area (Å²) in [6, 6.07) is 5.54. The number of rotatable bonds is 6. The first kappa shape index (κ1) is 26.2. The Morgan fingerprint density at radius 1 is 0.531 bits per heavy atom. The van der Waals surface area contributed by atoms with Crippen LogP contribution in [0.4, 0.5) is 0 Å². The van der Waals surface area contributed by atoms with Gasteiger partial charge in [-0.05, 0) is 24.3 Å². The van der Waals surface area contributed by atoms with Gasteiger partial charge in [-0.3, -0.25) is 9.11 Å². The molecule has 172 valence electrons. The average Bonchev–Trinajstić information content (AvgIpc) is 2.65. The Kier molecular flexibility index (Phi) is 7.79. The van der Waals surface area contributed by atoms with Crippen LogP contribution in [0.15, 0.2) is 46.2 Å². The standard InChI is InChI=1S/2C8H6O7S/c2*9-7(10)4-2-1-3-5(16(13,14)15)6(4)8(11)12/h2*1-3H,(H,9,10)(H,11,12)(H,13,14,15). The largest absolute Gasteiger partial charge is 0.478 e. The van der Waals surface area contributed by atoms with E-state index in [4.69, 9.17) is 29.5 Å². The van der Waals surface area contributed by atoms with Crippen molar-refractivity contribution in [3.05, 3.63) is 58.7 Å². The number of benzene rings is 2. The summed E-state index contributed by atoms with van der Waals surface area (Å²) in [5.74, 6) is -6.68. The van der Waals surface area contributed by atoms with Gasteiger partial charge in [0.25, 0.3) is 20.2 Å². The molecule has 0 aliphatic carbocycles. The smallest absolute Gasteiger partial charge is 0.338 e. The van der Waals surface area contributed by atoms with E-state index in [0.29, 0.717) is 0 Å². The maximum atomic E-state index is 10.8. The van der Waals surface area contributed by atoms with Crippen molar-refractivity contribution < 1.29 is 65.5 Å². The molecule has 0 radical (unpaired) electrons. The van der Waals surface area contributed by atoms with E-state index in [1.807, 2.05) is 0 Å². The summed E-state index contributed by atoms with van der Waals surface area (Å²) in [7, 11) is -9.56. The lowest BCUT2D eigenvalue weighted by molar-refractivity contribution is 0.0648. The van der Waals surface area contributed by atoms with Crippen LogP contribution in [-0.4, -0.2) is 70.2 Å². The molecule has 0 spiro atoms. The zero-order chi connectivity index (χ0) is 25.0. The lowest BCUT2D eigenvalue weighted by Gasteiger charge is -2.05. The Balaban J connectivity index is 0.000000320. The zero-order valence-electron chi connectivity index (χ0n) is 15.2. The molecule has 0 heterocycles. The quantitative estimate of drug-likeness (QED) is 0.303. The van der Waals surface area contributed by atoms with Crippen molar-refractivity contribution in [3.63, 3.8) is 0 Å². The first-order chi connectivity index (χ1) is 14.5. The molecule has 0 amide bonds. The van der Waals surface area contributed by atoms with Gasteiger partial charge in [0, 0.05) is 0 Å². The van der Waals surface area contributed by atoms with Crippen LogP contribution >= 0.6 is 0 Å². The predicted octanol–water partition coefficient (Wildman–Crippen LogP) is 0.659. The van der Waals surface area contributed by atoms with Gasteiger partial charge in [0.2, 0.25) is 0 Å². The molecule has 0 bridgehead atoms. The molecular formula is C16H12O14S2. The average molecular weight is 492 g/mol. The second-order valence-corrected chi connectivity index (χ2v) is 8.31. The van der Waals surface area contributed by atoms with Crippen LogP contribution in [0, 0.1) is 0 Å². The minimum absolute atomic E-state index is 0.706. The fourth-order valence-electron chi connectivity index (χ4n) is 2.29. The number of carboxylic acids is 4. The first-order valence-electron chi connectivity index (χ1n) is 7.64. The molecule has 2 rings (SSSR count). The molecule has 32 heavy (non-hydrogen) atoms. The van der Waals surface area contributed by atoms with Crippen molar-refractivity contribution >= 4 is 44.1 Å². The molecule has 6 N–H and O–H groups in total. The fraction of sp³-hybridized carbons (Fsp3) is 0. The van der Waals surface area contributed by atoms with Gasteiger partial charge in [-0.15, -0.1) is 0 Å². The molecule has 0 saturated heterocycles. The van der Waals surface area contributed by atoms with Gasteiger partial charge in [0.1, 0.15) is 9.79 Å². The van der Waals surface area contributed by atoms with Crippen LogP contribution in [0.5, 0.6) is 0 Å². The third-order valence-electron chi connectivity index (χ3n) is 3.50. The SMILES string of the molecule is O=C(O)c1cccc(S(=O)(=O)O)c1C(=O)O.O=C(O)c1cccc(S(=O)(=O)O)c1C(=O)O. The van der Waals surface area contributed by atoms with E-state index in [9.17, 15) is 36.0 Å². The van der Waals surface area contributed by atoms with Gasteiger partial charge < -0.3 is 20.4 Å². The van der Waals surface area contributed by atoms with Crippen molar-refractivity contribution in [3.8, 4) is 0 Å². The third-order valence-corrected chi connectivity index (χ3v) is 5.29. The van der Waals surface area contributed by atoms with Gasteiger partial charge in [-0.1, -0.05) is 12.1 Å². The van der Waals surface area contributed by atoms with E-state index in [-0.39, 0.29) is 0 Å². The summed E-state index contributed by atoms with van der Waals surface area (Å²) in [5, 5.41) is 34.8. The van der Waals surface area contributed by atoms with Crippen molar-refractivity contribution in [2.24, 2.45) is 0 Å². The van der Waals surface area contributed by atoms with Gasteiger partial charge in [0.05, 0.1) is 22.3 Å². The highest BCUT2D eigenvalue weighted by Crippen LogP contribution is 2.21. The van der Waals surface area contributed by atoms with Gasteiger partial charge in [0.15, 0.2) is 0 Å². The van der Waals surface area contributed by atoms with E-state index in [1.165, 1.54) is 0 Å². The van der Waals surface area contributed by atoms with Crippen LogP contribution in [0.3, 0.4) is 0 Å². The highest BCUT2D eigenvalue weighted by Gasteiger charge is 2.27. The maximum absolute atomic E-state index is 10.8. The second-order valence-electron chi connectivity index (χ2n) is 5.53. The maximum Gasteiger partial charge on any atom is 0.338 e. The monoisotopic (exact) mass is 492 g/mol. The van der Waals surface area contributed by atoms with Gasteiger partial charge >= 0.3 is 23.9 Å². The number of carbonyl (C=O) groups is 4. The minimum Gasteiger partial charge on any atom is -0.478 e. The van der Waals surface area contributed by atoms with Gasteiger partial charge in [-0.25, -0.2) is 19.2 Å².